The van der Waals surface area contributed by atoms with Crippen molar-refractivity contribution in [3.63, 3.8) is 0 Å². The fourth-order valence-corrected chi connectivity index (χ4v) is 4.23. The summed E-state index contributed by atoms with van der Waals surface area (Å²) in [5.74, 6) is 0.167. The summed E-state index contributed by atoms with van der Waals surface area (Å²) in [5.41, 5.74) is -0.695. The number of urea groups is 1. The molecular weight excluding hydrogens is 322 g/mol. The second kappa shape index (κ2) is 7.32. The first-order valence-corrected chi connectivity index (χ1v) is 9.48. The Hall–Kier alpha value is -1.63. The molecule has 3 fully saturated rings. The van der Waals surface area contributed by atoms with Crippen molar-refractivity contribution in [2.45, 2.75) is 57.9 Å². The van der Waals surface area contributed by atoms with E-state index in [-0.39, 0.29) is 30.5 Å². The molecule has 0 aromatic heterocycles. The summed E-state index contributed by atoms with van der Waals surface area (Å²) >= 11 is 0. The first-order chi connectivity index (χ1) is 11.9. The number of carbonyl (C=O) groups is 3. The summed E-state index contributed by atoms with van der Waals surface area (Å²) in [4.78, 5) is 40.7. The summed E-state index contributed by atoms with van der Waals surface area (Å²) in [6, 6.07) is -0.294. The number of rotatable bonds is 4. The molecule has 2 saturated heterocycles. The van der Waals surface area contributed by atoms with Crippen LogP contribution in [0.2, 0.25) is 0 Å². The molecule has 1 aliphatic carbocycles. The van der Waals surface area contributed by atoms with E-state index >= 15 is 0 Å². The second-order valence-electron chi connectivity index (χ2n) is 7.74. The van der Waals surface area contributed by atoms with Gasteiger partial charge in [-0.25, -0.2) is 9.69 Å². The predicted octanol–water partition coefficient (Wildman–Crippen LogP) is 1.72. The first-order valence-electron chi connectivity index (χ1n) is 9.48. The van der Waals surface area contributed by atoms with Gasteiger partial charge in [0.1, 0.15) is 5.54 Å². The predicted molar refractivity (Wildman–Crippen MR) is 91.5 cm³/mol. The lowest BCUT2D eigenvalue weighted by Crippen LogP contribution is -2.51. The topological polar surface area (TPSA) is 79.0 Å². The molecule has 1 spiro atoms. The third-order valence-electron chi connectivity index (χ3n) is 5.84. The van der Waals surface area contributed by atoms with Crippen LogP contribution in [0, 0.1) is 11.8 Å². The zero-order valence-corrected chi connectivity index (χ0v) is 15.3. The van der Waals surface area contributed by atoms with Crippen molar-refractivity contribution >= 4 is 17.9 Å². The van der Waals surface area contributed by atoms with E-state index in [1.807, 2.05) is 4.90 Å². The fourth-order valence-electron chi connectivity index (χ4n) is 4.23. The van der Waals surface area contributed by atoms with E-state index in [4.69, 9.17) is 4.74 Å². The third kappa shape index (κ3) is 3.66. The highest BCUT2D eigenvalue weighted by atomic mass is 16.5. The highest BCUT2D eigenvalue weighted by Gasteiger charge is 2.52. The van der Waals surface area contributed by atoms with Crippen LogP contribution in [0.3, 0.4) is 0 Å². The molecule has 25 heavy (non-hydrogen) atoms. The van der Waals surface area contributed by atoms with Crippen LogP contribution in [0.25, 0.3) is 0 Å². The number of nitrogens with one attached hydrogen (secondary N) is 1. The number of ether oxygens (including phenoxy) is 1. The minimum absolute atomic E-state index is 0.0948. The van der Waals surface area contributed by atoms with E-state index in [9.17, 15) is 14.4 Å². The number of hydrogen-bond donors (Lipinski definition) is 1. The van der Waals surface area contributed by atoms with Crippen LogP contribution in [0.15, 0.2) is 0 Å². The quantitative estimate of drug-likeness (QED) is 0.616. The number of nitrogens with zero attached hydrogens (tertiary/aromatic N) is 2. The number of hydrogen-bond acceptors (Lipinski definition) is 5. The number of imide groups is 1. The molecule has 2 heterocycles. The molecule has 1 saturated carbocycles. The van der Waals surface area contributed by atoms with E-state index < -0.39 is 5.54 Å². The molecule has 0 bridgehead atoms. The molecule has 140 valence electrons. The van der Waals surface area contributed by atoms with Crippen LogP contribution in [-0.4, -0.2) is 59.6 Å². The number of likely N-dealkylation sites (tertiary alicyclic amines) is 1. The van der Waals surface area contributed by atoms with Gasteiger partial charge in [-0.1, -0.05) is 6.92 Å². The summed E-state index contributed by atoms with van der Waals surface area (Å²) < 4.78 is 5.12. The third-order valence-corrected chi connectivity index (χ3v) is 5.84. The van der Waals surface area contributed by atoms with Crippen LogP contribution in [0.1, 0.15) is 52.4 Å². The van der Waals surface area contributed by atoms with Gasteiger partial charge in [0.2, 0.25) is 0 Å². The van der Waals surface area contributed by atoms with Crippen molar-refractivity contribution in [1.82, 2.24) is 15.1 Å². The Morgan fingerprint density at radius 3 is 2.68 bits per heavy atom. The molecule has 1 atom stereocenters. The van der Waals surface area contributed by atoms with E-state index in [0.717, 1.165) is 45.1 Å². The monoisotopic (exact) mass is 351 g/mol. The highest BCUT2D eigenvalue weighted by Crippen LogP contribution is 2.36. The van der Waals surface area contributed by atoms with E-state index in [0.29, 0.717) is 19.1 Å². The number of esters is 1. The molecule has 0 aromatic rings. The molecule has 7 nitrogen and oxygen atoms in total. The fraction of sp³-hybridized carbons (Fsp3) is 0.833. The largest absolute Gasteiger partial charge is 0.466 e. The SMILES string of the molecule is CCOC(=O)C1CCCN(CN2C(=O)NC3(CCC(C)CC3)C2=O)C1. The van der Waals surface area contributed by atoms with Crippen LogP contribution in [-0.2, 0) is 14.3 Å². The molecule has 0 radical (unpaired) electrons. The van der Waals surface area contributed by atoms with Gasteiger partial charge in [-0.15, -0.1) is 0 Å². The van der Waals surface area contributed by atoms with Gasteiger partial charge in [-0.2, -0.15) is 0 Å². The average Bonchev–Trinajstić information content (AvgIpc) is 2.83. The van der Waals surface area contributed by atoms with Crippen LogP contribution in [0.4, 0.5) is 4.79 Å². The zero-order valence-electron chi connectivity index (χ0n) is 15.3. The number of amides is 3. The van der Waals surface area contributed by atoms with Gasteiger partial charge in [-0.3, -0.25) is 14.5 Å². The zero-order chi connectivity index (χ0) is 18.0. The molecule has 1 unspecified atom stereocenters. The Labute approximate surface area is 149 Å². The molecule has 0 aromatic carbocycles. The molecule has 3 aliphatic rings. The Kier molecular flexibility index (Phi) is 5.32. The second-order valence-corrected chi connectivity index (χ2v) is 7.74. The maximum Gasteiger partial charge on any atom is 0.326 e. The van der Waals surface area contributed by atoms with Crippen molar-refractivity contribution in [1.29, 1.82) is 0 Å². The first kappa shape index (κ1) is 18.2. The van der Waals surface area contributed by atoms with E-state index in [1.165, 1.54) is 4.90 Å². The Morgan fingerprint density at radius 1 is 1.28 bits per heavy atom. The summed E-state index contributed by atoms with van der Waals surface area (Å²) in [7, 11) is 0. The van der Waals surface area contributed by atoms with Crippen molar-refractivity contribution in [2.75, 3.05) is 26.4 Å². The Morgan fingerprint density at radius 2 is 2.00 bits per heavy atom. The number of piperidine rings is 1. The standard InChI is InChI=1S/C18H29N3O4/c1-3-25-15(22)14-5-4-10-20(11-14)12-21-16(23)18(19-17(21)24)8-6-13(2)7-9-18/h13-14H,3-12H2,1-2H3,(H,19,24). The van der Waals surface area contributed by atoms with Crippen molar-refractivity contribution < 1.29 is 19.1 Å². The van der Waals surface area contributed by atoms with Crippen LogP contribution < -0.4 is 5.32 Å². The lowest BCUT2D eigenvalue weighted by Gasteiger charge is -2.35. The highest BCUT2D eigenvalue weighted by molar-refractivity contribution is 6.07. The van der Waals surface area contributed by atoms with Crippen LogP contribution in [0.5, 0.6) is 0 Å². The molecule has 3 amide bonds. The minimum Gasteiger partial charge on any atom is -0.466 e. The molecule has 7 heteroatoms. The van der Waals surface area contributed by atoms with E-state index in [1.54, 1.807) is 6.92 Å². The maximum atomic E-state index is 12.9. The summed E-state index contributed by atoms with van der Waals surface area (Å²) in [6.45, 7) is 5.96. The van der Waals surface area contributed by atoms with Gasteiger partial charge in [-0.05, 0) is 57.9 Å². The Bertz CT molecular complexity index is 542. The molecule has 2 aliphatic heterocycles. The molecule has 1 N–H and O–H groups in total. The van der Waals surface area contributed by atoms with Gasteiger partial charge in [0.25, 0.3) is 5.91 Å². The van der Waals surface area contributed by atoms with Crippen molar-refractivity contribution in [3.05, 3.63) is 0 Å². The van der Waals surface area contributed by atoms with Crippen LogP contribution >= 0.6 is 0 Å². The smallest absolute Gasteiger partial charge is 0.326 e. The van der Waals surface area contributed by atoms with Gasteiger partial charge < -0.3 is 10.1 Å². The minimum atomic E-state index is -0.695. The van der Waals surface area contributed by atoms with Gasteiger partial charge in [0.15, 0.2) is 0 Å². The van der Waals surface area contributed by atoms with Gasteiger partial charge >= 0.3 is 12.0 Å². The molecule has 3 rings (SSSR count). The number of carbonyl (C=O) groups excluding carboxylic acids is 3. The average molecular weight is 351 g/mol. The van der Waals surface area contributed by atoms with Crippen molar-refractivity contribution in [2.24, 2.45) is 11.8 Å². The summed E-state index contributed by atoms with van der Waals surface area (Å²) in [5, 5.41) is 2.95. The maximum absolute atomic E-state index is 12.9. The van der Waals surface area contributed by atoms with Crippen molar-refractivity contribution in [3.8, 4) is 0 Å². The lowest BCUT2D eigenvalue weighted by atomic mass is 9.77. The van der Waals surface area contributed by atoms with E-state index in [2.05, 4.69) is 12.2 Å². The van der Waals surface area contributed by atoms with Gasteiger partial charge in [0.05, 0.1) is 19.2 Å². The Balaban J connectivity index is 1.61. The van der Waals surface area contributed by atoms with Gasteiger partial charge in [0, 0.05) is 6.54 Å². The molecular formula is C18H29N3O4. The summed E-state index contributed by atoms with van der Waals surface area (Å²) in [6.07, 6.45) is 5.05. The normalized spacial score (nSPS) is 33.6. The lowest BCUT2D eigenvalue weighted by molar-refractivity contribution is -0.150.